The summed E-state index contributed by atoms with van der Waals surface area (Å²) in [6, 6.07) is 3.36. The molecule has 118 valence electrons. The van der Waals surface area contributed by atoms with Crippen LogP contribution in [0.2, 0.25) is 0 Å². The quantitative estimate of drug-likeness (QED) is 0.726. The highest BCUT2D eigenvalue weighted by molar-refractivity contribution is 6.20. The maximum absolute atomic E-state index is 12.5. The van der Waals surface area contributed by atoms with Crippen molar-refractivity contribution in [1.82, 2.24) is 4.90 Å². The number of rotatable bonds is 7. The summed E-state index contributed by atoms with van der Waals surface area (Å²) in [5.74, 6) is 1.14. The second-order valence-corrected chi connectivity index (χ2v) is 5.42. The van der Waals surface area contributed by atoms with Gasteiger partial charge in [0.25, 0.3) is 5.91 Å². The van der Waals surface area contributed by atoms with Gasteiger partial charge in [-0.05, 0) is 25.5 Å². The Hall–Kier alpha value is -1.62. The molecule has 0 spiro atoms. The Labute approximate surface area is 130 Å². The van der Waals surface area contributed by atoms with Crippen LogP contribution >= 0.6 is 11.6 Å². The number of benzene rings is 1. The lowest BCUT2D eigenvalue weighted by Crippen LogP contribution is -2.29. The van der Waals surface area contributed by atoms with Gasteiger partial charge in [-0.1, -0.05) is 0 Å². The lowest BCUT2D eigenvalue weighted by Gasteiger charge is -2.21. The molecule has 0 heterocycles. The van der Waals surface area contributed by atoms with Crippen LogP contribution in [0.4, 0.5) is 0 Å². The van der Waals surface area contributed by atoms with Crippen LogP contribution in [0, 0.1) is 0 Å². The Morgan fingerprint density at radius 2 is 1.81 bits per heavy atom. The number of nitrogens with zero attached hydrogens (tertiary/aromatic N) is 1. The smallest absolute Gasteiger partial charge is 0.257 e. The Morgan fingerprint density at radius 3 is 2.29 bits per heavy atom. The summed E-state index contributed by atoms with van der Waals surface area (Å²) < 4.78 is 15.8. The van der Waals surface area contributed by atoms with E-state index in [0.29, 0.717) is 29.4 Å². The zero-order valence-electron chi connectivity index (χ0n) is 13.1. The molecule has 0 aliphatic rings. The maximum Gasteiger partial charge on any atom is 0.257 e. The highest BCUT2D eigenvalue weighted by Crippen LogP contribution is 2.40. The molecule has 21 heavy (non-hydrogen) atoms. The van der Waals surface area contributed by atoms with Crippen molar-refractivity contribution in [2.45, 2.75) is 18.7 Å². The van der Waals surface area contributed by atoms with E-state index in [0.717, 1.165) is 6.42 Å². The Morgan fingerprint density at radius 1 is 1.19 bits per heavy atom. The average Bonchev–Trinajstić information content (AvgIpc) is 2.49. The number of halogens is 1. The maximum atomic E-state index is 12.5. The van der Waals surface area contributed by atoms with E-state index in [1.54, 1.807) is 24.1 Å². The molecule has 5 nitrogen and oxygen atoms in total. The molecule has 1 atom stereocenters. The molecule has 0 fully saturated rings. The molecule has 1 rings (SSSR count). The summed E-state index contributed by atoms with van der Waals surface area (Å²) in [6.07, 6.45) is 0.722. The van der Waals surface area contributed by atoms with Crippen molar-refractivity contribution in [1.29, 1.82) is 0 Å². The standard InChI is InChI=1S/C15H22ClNO4/c1-10(16)8-9-17(2)15(18)11-6-7-12(19-3)14(21-5)13(11)20-4/h6-7,10H,8-9H2,1-5H3. The monoisotopic (exact) mass is 315 g/mol. The molecule has 1 unspecified atom stereocenters. The molecule has 0 aliphatic carbocycles. The van der Waals surface area contributed by atoms with Gasteiger partial charge in [0.2, 0.25) is 5.75 Å². The van der Waals surface area contributed by atoms with Crippen molar-refractivity contribution < 1.29 is 19.0 Å². The van der Waals surface area contributed by atoms with Gasteiger partial charge in [-0.3, -0.25) is 4.79 Å². The van der Waals surface area contributed by atoms with Crippen LogP contribution in [0.5, 0.6) is 17.2 Å². The number of ether oxygens (including phenoxy) is 3. The Bertz CT molecular complexity index is 491. The van der Waals surface area contributed by atoms with E-state index in [9.17, 15) is 4.79 Å². The third kappa shape index (κ3) is 4.17. The first kappa shape index (κ1) is 17.4. The molecule has 0 aliphatic heterocycles. The van der Waals surface area contributed by atoms with Crippen LogP contribution in [0.1, 0.15) is 23.7 Å². The van der Waals surface area contributed by atoms with Gasteiger partial charge in [0, 0.05) is 19.0 Å². The van der Waals surface area contributed by atoms with E-state index in [1.165, 1.54) is 21.3 Å². The predicted molar refractivity (Wildman–Crippen MR) is 83.0 cm³/mol. The first-order chi connectivity index (χ1) is 9.96. The molecule has 1 aromatic rings. The molecule has 0 radical (unpaired) electrons. The zero-order chi connectivity index (χ0) is 16.0. The molecule has 0 saturated carbocycles. The van der Waals surface area contributed by atoms with Gasteiger partial charge in [0.15, 0.2) is 11.5 Å². The van der Waals surface area contributed by atoms with Crippen molar-refractivity contribution in [2.75, 3.05) is 34.9 Å². The fraction of sp³-hybridized carbons (Fsp3) is 0.533. The number of hydrogen-bond donors (Lipinski definition) is 0. The zero-order valence-corrected chi connectivity index (χ0v) is 13.9. The summed E-state index contributed by atoms with van der Waals surface area (Å²) in [4.78, 5) is 14.1. The number of carbonyl (C=O) groups excluding carboxylic acids is 1. The van der Waals surface area contributed by atoms with Gasteiger partial charge in [-0.15, -0.1) is 11.6 Å². The van der Waals surface area contributed by atoms with Gasteiger partial charge in [-0.25, -0.2) is 0 Å². The highest BCUT2D eigenvalue weighted by Gasteiger charge is 2.22. The van der Waals surface area contributed by atoms with E-state index in [4.69, 9.17) is 25.8 Å². The number of methoxy groups -OCH3 is 3. The van der Waals surface area contributed by atoms with Gasteiger partial charge >= 0.3 is 0 Å². The third-order valence-corrected chi connectivity index (χ3v) is 3.36. The van der Waals surface area contributed by atoms with E-state index < -0.39 is 0 Å². The van der Waals surface area contributed by atoms with Crippen LogP contribution in [-0.4, -0.2) is 51.1 Å². The van der Waals surface area contributed by atoms with E-state index in [-0.39, 0.29) is 11.3 Å². The SMILES string of the molecule is COc1ccc(C(=O)N(C)CCC(C)Cl)c(OC)c1OC. The Kier molecular flexibility index (Phi) is 6.62. The first-order valence-electron chi connectivity index (χ1n) is 6.64. The number of hydrogen-bond acceptors (Lipinski definition) is 4. The van der Waals surface area contributed by atoms with Gasteiger partial charge in [0.1, 0.15) is 0 Å². The molecule has 0 saturated heterocycles. The van der Waals surface area contributed by atoms with E-state index >= 15 is 0 Å². The van der Waals surface area contributed by atoms with Crippen molar-refractivity contribution >= 4 is 17.5 Å². The highest BCUT2D eigenvalue weighted by atomic mass is 35.5. The van der Waals surface area contributed by atoms with Crippen molar-refractivity contribution in [3.05, 3.63) is 17.7 Å². The lowest BCUT2D eigenvalue weighted by molar-refractivity contribution is 0.0789. The number of amides is 1. The second kappa shape index (κ2) is 7.98. The molecular formula is C15H22ClNO4. The summed E-state index contributed by atoms with van der Waals surface area (Å²) >= 11 is 5.92. The molecule has 0 N–H and O–H groups in total. The van der Waals surface area contributed by atoms with Crippen molar-refractivity contribution in [2.24, 2.45) is 0 Å². The van der Waals surface area contributed by atoms with Crippen LogP contribution < -0.4 is 14.2 Å². The minimum absolute atomic E-state index is 0.0209. The van der Waals surface area contributed by atoms with Crippen LogP contribution in [0.25, 0.3) is 0 Å². The van der Waals surface area contributed by atoms with Gasteiger partial charge in [-0.2, -0.15) is 0 Å². The number of carbonyl (C=O) groups is 1. The molecule has 1 aromatic carbocycles. The molecule has 1 amide bonds. The largest absolute Gasteiger partial charge is 0.493 e. The molecule has 0 aromatic heterocycles. The minimum Gasteiger partial charge on any atom is -0.493 e. The summed E-state index contributed by atoms with van der Waals surface area (Å²) in [7, 11) is 6.27. The number of alkyl halides is 1. The normalized spacial score (nSPS) is 11.7. The molecular weight excluding hydrogens is 294 g/mol. The minimum atomic E-state index is -0.148. The first-order valence-corrected chi connectivity index (χ1v) is 7.08. The average molecular weight is 316 g/mol. The fourth-order valence-corrected chi connectivity index (χ4v) is 2.05. The lowest BCUT2D eigenvalue weighted by atomic mass is 10.1. The second-order valence-electron chi connectivity index (χ2n) is 4.68. The topological polar surface area (TPSA) is 48.0 Å². The summed E-state index contributed by atoms with van der Waals surface area (Å²) in [6.45, 7) is 2.47. The van der Waals surface area contributed by atoms with E-state index in [1.807, 2.05) is 6.92 Å². The molecule has 6 heteroatoms. The third-order valence-electron chi connectivity index (χ3n) is 3.14. The van der Waals surface area contributed by atoms with Crippen LogP contribution in [0.15, 0.2) is 12.1 Å². The van der Waals surface area contributed by atoms with Gasteiger partial charge < -0.3 is 19.1 Å². The summed E-state index contributed by atoms with van der Waals surface area (Å²) in [5, 5.41) is 0.0209. The van der Waals surface area contributed by atoms with E-state index in [2.05, 4.69) is 0 Å². The molecule has 0 bridgehead atoms. The van der Waals surface area contributed by atoms with Crippen LogP contribution in [-0.2, 0) is 0 Å². The Balaban J connectivity index is 3.09. The predicted octanol–water partition coefficient (Wildman–Crippen LogP) is 2.80. The van der Waals surface area contributed by atoms with Crippen molar-refractivity contribution in [3.63, 3.8) is 0 Å². The fourth-order valence-electron chi connectivity index (χ4n) is 1.95. The summed E-state index contributed by atoms with van der Waals surface area (Å²) in [5.41, 5.74) is 0.430. The van der Waals surface area contributed by atoms with Gasteiger partial charge in [0.05, 0.1) is 26.9 Å². The van der Waals surface area contributed by atoms with Crippen LogP contribution in [0.3, 0.4) is 0 Å². The van der Waals surface area contributed by atoms with Crippen molar-refractivity contribution in [3.8, 4) is 17.2 Å².